The number of nitrogens with zero attached hydrogens (tertiary/aromatic N) is 2. The third-order valence-electron chi connectivity index (χ3n) is 5.40. The van der Waals surface area contributed by atoms with E-state index in [2.05, 4.69) is 36.1 Å². The van der Waals surface area contributed by atoms with Crippen molar-refractivity contribution in [3.05, 3.63) is 69.8 Å². The molecule has 4 rings (SSSR count). The third kappa shape index (κ3) is 2.95. The number of ether oxygens (including phenoxy) is 1. The molecule has 5 heteroatoms. The molecule has 2 aromatic rings. The third-order valence-corrected chi connectivity index (χ3v) is 5.40. The molecule has 0 amide bonds. The number of benzene rings is 2. The Morgan fingerprint density at radius 1 is 1.20 bits per heavy atom. The summed E-state index contributed by atoms with van der Waals surface area (Å²) in [6.07, 6.45) is 1.84. The van der Waals surface area contributed by atoms with Crippen LogP contribution in [0.2, 0.25) is 0 Å². The molecule has 0 N–H and O–H groups in total. The second-order valence-electron chi connectivity index (χ2n) is 7.00. The first-order chi connectivity index (χ1) is 12.1. The molecule has 0 aliphatic carbocycles. The first-order valence-electron chi connectivity index (χ1n) is 8.84. The van der Waals surface area contributed by atoms with Gasteiger partial charge in [0.1, 0.15) is 5.75 Å². The van der Waals surface area contributed by atoms with Crippen LogP contribution in [-0.4, -0.2) is 24.2 Å². The molecule has 0 bridgehead atoms. The minimum Gasteiger partial charge on any atom is -0.470 e. The van der Waals surface area contributed by atoms with Crippen LogP contribution in [0.25, 0.3) is 0 Å². The van der Waals surface area contributed by atoms with E-state index in [1.807, 2.05) is 24.3 Å². The highest BCUT2D eigenvalue weighted by Crippen LogP contribution is 2.45. The van der Waals surface area contributed by atoms with Crippen LogP contribution in [0.5, 0.6) is 5.75 Å². The Kier molecular flexibility index (Phi) is 4.07. The fourth-order valence-electron chi connectivity index (χ4n) is 4.21. The Hall–Kier alpha value is -2.56. The Morgan fingerprint density at radius 3 is 2.72 bits per heavy atom. The summed E-state index contributed by atoms with van der Waals surface area (Å²) in [5.74, 6) is 0.822. The molecule has 1 saturated heterocycles. The lowest BCUT2D eigenvalue weighted by Gasteiger charge is -2.47. The van der Waals surface area contributed by atoms with Crippen LogP contribution in [0, 0.1) is 23.0 Å². The van der Waals surface area contributed by atoms with E-state index in [1.165, 1.54) is 5.56 Å². The number of aryl methyl sites for hydroxylation is 1. The summed E-state index contributed by atoms with van der Waals surface area (Å²) in [5.41, 5.74) is 3.32. The van der Waals surface area contributed by atoms with Gasteiger partial charge in [0.05, 0.1) is 5.92 Å². The first-order valence-corrected chi connectivity index (χ1v) is 8.84. The van der Waals surface area contributed by atoms with Crippen LogP contribution in [0.3, 0.4) is 0 Å². The topological polar surface area (TPSA) is 55.6 Å². The molecular weight excluding hydrogens is 316 g/mol. The summed E-state index contributed by atoms with van der Waals surface area (Å²) in [7, 11) is 0. The Morgan fingerprint density at radius 2 is 1.96 bits per heavy atom. The van der Waals surface area contributed by atoms with Crippen molar-refractivity contribution in [1.82, 2.24) is 0 Å². The molecule has 2 aliphatic rings. The van der Waals surface area contributed by atoms with Crippen molar-refractivity contribution in [2.75, 3.05) is 18.0 Å². The number of nitro groups is 1. The molecule has 1 fully saturated rings. The maximum atomic E-state index is 11.3. The van der Waals surface area contributed by atoms with Crippen molar-refractivity contribution >= 4 is 5.69 Å². The molecule has 0 aromatic heterocycles. The van der Waals surface area contributed by atoms with Gasteiger partial charge in [0.15, 0.2) is 6.23 Å². The van der Waals surface area contributed by atoms with E-state index in [0.717, 1.165) is 36.4 Å². The molecule has 2 aliphatic heterocycles. The predicted octanol–water partition coefficient (Wildman–Crippen LogP) is 3.99. The highest BCUT2D eigenvalue weighted by atomic mass is 16.6. The minimum atomic E-state index is -0.186. The van der Waals surface area contributed by atoms with E-state index >= 15 is 0 Å². The zero-order chi connectivity index (χ0) is 17.4. The second kappa shape index (κ2) is 6.39. The Labute approximate surface area is 147 Å². The van der Waals surface area contributed by atoms with Crippen molar-refractivity contribution < 1.29 is 9.66 Å². The molecule has 0 radical (unpaired) electrons. The standard InChI is InChI=1S/C20H22N2O3/c1-14-8-10-15(11-9-14)21-12-4-6-17-18(13-22(23)24)16-5-2-3-7-19(16)25-20(17)21/h2-3,5,7-11,17-18,20H,4,6,12-13H2,1H3. The normalized spacial score (nSPS) is 24.8. The first kappa shape index (κ1) is 15.9. The van der Waals surface area contributed by atoms with Gasteiger partial charge in [-0.15, -0.1) is 0 Å². The van der Waals surface area contributed by atoms with Gasteiger partial charge in [-0.1, -0.05) is 35.9 Å². The fraction of sp³-hybridized carbons (Fsp3) is 0.400. The van der Waals surface area contributed by atoms with Crippen molar-refractivity contribution in [2.24, 2.45) is 5.92 Å². The number of hydrogen-bond donors (Lipinski definition) is 0. The number of para-hydroxylation sites is 1. The Balaban J connectivity index is 1.72. The van der Waals surface area contributed by atoms with Crippen LogP contribution < -0.4 is 9.64 Å². The molecule has 5 nitrogen and oxygen atoms in total. The molecule has 0 spiro atoms. The van der Waals surface area contributed by atoms with Crippen LogP contribution >= 0.6 is 0 Å². The molecule has 2 aromatic carbocycles. The largest absolute Gasteiger partial charge is 0.470 e. The highest BCUT2D eigenvalue weighted by molar-refractivity contribution is 5.50. The number of hydrogen-bond acceptors (Lipinski definition) is 4. The molecule has 2 heterocycles. The van der Waals surface area contributed by atoms with Gasteiger partial charge in [-0.3, -0.25) is 10.1 Å². The Bertz CT molecular complexity index is 775. The van der Waals surface area contributed by atoms with Crippen LogP contribution in [0.4, 0.5) is 5.69 Å². The van der Waals surface area contributed by atoms with Gasteiger partial charge in [0.2, 0.25) is 6.54 Å². The lowest BCUT2D eigenvalue weighted by Crippen LogP contribution is -2.53. The van der Waals surface area contributed by atoms with Crippen molar-refractivity contribution in [3.63, 3.8) is 0 Å². The summed E-state index contributed by atoms with van der Waals surface area (Å²) in [4.78, 5) is 13.4. The van der Waals surface area contributed by atoms with Crippen LogP contribution in [0.1, 0.15) is 29.9 Å². The van der Waals surface area contributed by atoms with E-state index in [1.54, 1.807) is 0 Å². The monoisotopic (exact) mass is 338 g/mol. The maximum absolute atomic E-state index is 11.3. The molecular formula is C20H22N2O3. The van der Waals surface area contributed by atoms with Gasteiger partial charge in [0.25, 0.3) is 0 Å². The van der Waals surface area contributed by atoms with E-state index in [0.29, 0.717) is 0 Å². The summed E-state index contributed by atoms with van der Waals surface area (Å²) >= 11 is 0. The molecule has 130 valence electrons. The SMILES string of the molecule is Cc1ccc(N2CCCC3C(C[N+](=O)[O-])c4ccccc4OC32)cc1. The smallest absolute Gasteiger partial charge is 0.211 e. The van der Waals surface area contributed by atoms with Gasteiger partial charge in [-0.05, 0) is 38.0 Å². The van der Waals surface area contributed by atoms with Gasteiger partial charge in [-0.2, -0.15) is 0 Å². The lowest BCUT2D eigenvalue weighted by molar-refractivity contribution is -0.485. The molecule has 0 saturated carbocycles. The average molecular weight is 338 g/mol. The van der Waals surface area contributed by atoms with E-state index in [9.17, 15) is 10.1 Å². The predicted molar refractivity (Wildman–Crippen MR) is 96.7 cm³/mol. The average Bonchev–Trinajstić information content (AvgIpc) is 2.61. The maximum Gasteiger partial charge on any atom is 0.211 e. The molecule has 3 atom stereocenters. The molecule has 3 unspecified atom stereocenters. The quantitative estimate of drug-likeness (QED) is 0.627. The summed E-state index contributed by atoms with van der Waals surface area (Å²) in [6, 6.07) is 16.2. The fourth-order valence-corrected chi connectivity index (χ4v) is 4.21. The number of rotatable bonds is 3. The zero-order valence-electron chi connectivity index (χ0n) is 14.3. The highest BCUT2D eigenvalue weighted by Gasteiger charge is 2.45. The van der Waals surface area contributed by atoms with Gasteiger partial charge >= 0.3 is 0 Å². The summed E-state index contributed by atoms with van der Waals surface area (Å²) in [6.45, 7) is 2.95. The summed E-state index contributed by atoms with van der Waals surface area (Å²) < 4.78 is 6.35. The zero-order valence-corrected chi connectivity index (χ0v) is 14.3. The minimum absolute atomic E-state index is 0.0384. The van der Waals surface area contributed by atoms with Gasteiger partial charge in [-0.25, -0.2) is 0 Å². The summed E-state index contributed by atoms with van der Waals surface area (Å²) in [5, 5.41) is 11.3. The number of piperidine rings is 1. The number of anilines is 1. The molecule has 25 heavy (non-hydrogen) atoms. The van der Waals surface area contributed by atoms with E-state index in [4.69, 9.17) is 4.74 Å². The second-order valence-corrected chi connectivity index (χ2v) is 7.00. The van der Waals surface area contributed by atoms with Crippen molar-refractivity contribution in [3.8, 4) is 5.75 Å². The lowest BCUT2D eigenvalue weighted by atomic mass is 9.77. The van der Waals surface area contributed by atoms with Crippen molar-refractivity contribution in [2.45, 2.75) is 31.9 Å². The van der Waals surface area contributed by atoms with Crippen LogP contribution in [-0.2, 0) is 0 Å². The van der Waals surface area contributed by atoms with Crippen molar-refractivity contribution in [1.29, 1.82) is 0 Å². The van der Waals surface area contributed by atoms with E-state index < -0.39 is 0 Å². The number of fused-ring (bicyclic) bond motifs is 2. The van der Waals surface area contributed by atoms with Gasteiger partial charge in [0, 0.05) is 28.6 Å². The van der Waals surface area contributed by atoms with E-state index in [-0.39, 0.29) is 29.5 Å². The van der Waals surface area contributed by atoms with Gasteiger partial charge < -0.3 is 9.64 Å². The van der Waals surface area contributed by atoms with Crippen LogP contribution in [0.15, 0.2) is 48.5 Å².